The zero-order chi connectivity index (χ0) is 14.5. The molecular weight excluding hydrogens is 262 g/mol. The van der Waals surface area contributed by atoms with Gasteiger partial charge in [-0.05, 0) is 18.6 Å². The highest BCUT2D eigenvalue weighted by atomic mass is 16.6. The summed E-state index contributed by atoms with van der Waals surface area (Å²) in [6.07, 6.45) is 1.37. The van der Waals surface area contributed by atoms with Gasteiger partial charge in [-0.3, -0.25) is 10.1 Å². The van der Waals surface area contributed by atoms with E-state index in [1.165, 1.54) is 12.1 Å². The van der Waals surface area contributed by atoms with Crippen LogP contribution in [-0.4, -0.2) is 26.3 Å². The lowest BCUT2D eigenvalue weighted by Gasteiger charge is -2.03. The number of hydrogen-bond donors (Lipinski definition) is 1. The predicted molar refractivity (Wildman–Crippen MR) is 71.0 cm³/mol. The summed E-state index contributed by atoms with van der Waals surface area (Å²) in [6.45, 7) is 1.99. The summed E-state index contributed by atoms with van der Waals surface area (Å²) in [4.78, 5) is 14.3. The first-order valence-electron chi connectivity index (χ1n) is 6.35. The number of aliphatic hydroxyl groups excluding tert-OH is 1. The number of nitro benzene ring substituents is 1. The van der Waals surface area contributed by atoms with Crippen molar-refractivity contribution >= 4 is 5.69 Å². The molecule has 1 unspecified atom stereocenters. The van der Waals surface area contributed by atoms with Crippen LogP contribution in [0.5, 0.6) is 0 Å². The van der Waals surface area contributed by atoms with E-state index in [4.69, 9.17) is 4.52 Å². The first kappa shape index (κ1) is 14.1. The van der Waals surface area contributed by atoms with E-state index in [1.807, 2.05) is 6.92 Å². The Labute approximate surface area is 115 Å². The molecule has 0 bridgehead atoms. The second kappa shape index (κ2) is 6.25. The molecule has 106 valence electrons. The fourth-order valence-corrected chi connectivity index (χ4v) is 1.82. The van der Waals surface area contributed by atoms with E-state index in [0.717, 1.165) is 6.42 Å². The highest BCUT2D eigenvalue weighted by Gasteiger charge is 2.13. The molecule has 0 radical (unpaired) electrons. The molecule has 20 heavy (non-hydrogen) atoms. The number of aromatic nitrogens is 2. The lowest BCUT2D eigenvalue weighted by molar-refractivity contribution is -0.384. The van der Waals surface area contributed by atoms with Crippen molar-refractivity contribution < 1.29 is 14.6 Å². The van der Waals surface area contributed by atoms with Crippen LogP contribution in [0.1, 0.15) is 25.7 Å². The zero-order valence-electron chi connectivity index (χ0n) is 11.0. The van der Waals surface area contributed by atoms with Crippen molar-refractivity contribution in [2.24, 2.45) is 0 Å². The molecule has 1 aromatic carbocycles. The minimum atomic E-state index is -0.495. The minimum Gasteiger partial charge on any atom is -0.393 e. The molecule has 2 rings (SSSR count). The maximum Gasteiger partial charge on any atom is 0.269 e. The standard InChI is InChI=1S/C13H15N3O4/c1-2-3-11(17)8-12-14-13(15-20-12)9-4-6-10(7-5-9)16(18)19/h4-7,11,17H,2-3,8H2,1H3. The monoisotopic (exact) mass is 277 g/mol. The SMILES string of the molecule is CCCC(O)Cc1nc(-c2ccc([N+](=O)[O-])cc2)no1. The van der Waals surface area contributed by atoms with Crippen molar-refractivity contribution in [1.29, 1.82) is 0 Å². The van der Waals surface area contributed by atoms with Gasteiger partial charge >= 0.3 is 0 Å². The molecule has 7 nitrogen and oxygen atoms in total. The highest BCUT2D eigenvalue weighted by molar-refractivity contribution is 5.56. The second-order valence-electron chi connectivity index (χ2n) is 4.46. The van der Waals surface area contributed by atoms with Crippen molar-refractivity contribution in [3.8, 4) is 11.4 Å². The Morgan fingerprint density at radius 2 is 2.10 bits per heavy atom. The van der Waals surface area contributed by atoms with Gasteiger partial charge in [0.1, 0.15) is 0 Å². The van der Waals surface area contributed by atoms with Gasteiger partial charge in [-0.25, -0.2) is 0 Å². The van der Waals surface area contributed by atoms with Crippen molar-refractivity contribution in [3.63, 3.8) is 0 Å². The summed E-state index contributed by atoms with van der Waals surface area (Å²) in [7, 11) is 0. The molecule has 1 atom stereocenters. The van der Waals surface area contributed by atoms with Gasteiger partial charge in [0.2, 0.25) is 11.7 Å². The summed E-state index contributed by atoms with van der Waals surface area (Å²) in [5, 5.41) is 24.0. The van der Waals surface area contributed by atoms with Crippen molar-refractivity contribution in [3.05, 3.63) is 40.3 Å². The molecule has 0 amide bonds. The Morgan fingerprint density at radius 1 is 1.40 bits per heavy atom. The minimum absolute atomic E-state index is 0.0100. The number of hydrogen-bond acceptors (Lipinski definition) is 6. The fraction of sp³-hybridized carbons (Fsp3) is 0.385. The number of nitro groups is 1. The second-order valence-corrected chi connectivity index (χ2v) is 4.46. The van der Waals surface area contributed by atoms with Crippen LogP contribution in [0.2, 0.25) is 0 Å². The van der Waals surface area contributed by atoms with Crippen LogP contribution < -0.4 is 0 Å². The molecule has 1 N–H and O–H groups in total. The van der Waals surface area contributed by atoms with E-state index in [0.29, 0.717) is 30.1 Å². The molecule has 0 aliphatic heterocycles. The zero-order valence-corrected chi connectivity index (χ0v) is 11.0. The summed E-state index contributed by atoms with van der Waals surface area (Å²) < 4.78 is 5.06. The van der Waals surface area contributed by atoms with Crippen LogP contribution in [0, 0.1) is 10.1 Å². The summed E-state index contributed by atoms with van der Waals surface area (Å²) in [5.41, 5.74) is 0.645. The van der Waals surface area contributed by atoms with E-state index in [1.54, 1.807) is 12.1 Å². The normalized spacial score (nSPS) is 12.3. The molecule has 2 aromatic rings. The molecule has 7 heteroatoms. The van der Waals surface area contributed by atoms with Gasteiger partial charge in [-0.2, -0.15) is 4.98 Å². The average Bonchev–Trinajstić information content (AvgIpc) is 2.87. The largest absolute Gasteiger partial charge is 0.393 e. The topological polar surface area (TPSA) is 102 Å². The molecule has 0 saturated heterocycles. The Hall–Kier alpha value is -2.28. The van der Waals surface area contributed by atoms with Gasteiger partial charge < -0.3 is 9.63 Å². The van der Waals surface area contributed by atoms with Gasteiger partial charge in [0.15, 0.2) is 0 Å². The van der Waals surface area contributed by atoms with Gasteiger partial charge in [0.05, 0.1) is 17.4 Å². The maximum absolute atomic E-state index is 10.6. The van der Waals surface area contributed by atoms with E-state index < -0.39 is 11.0 Å². The van der Waals surface area contributed by atoms with E-state index in [2.05, 4.69) is 10.1 Å². The molecular formula is C13H15N3O4. The van der Waals surface area contributed by atoms with Crippen LogP contribution >= 0.6 is 0 Å². The average molecular weight is 277 g/mol. The lowest BCUT2D eigenvalue weighted by Crippen LogP contribution is -2.09. The van der Waals surface area contributed by atoms with Gasteiger partial charge in [0, 0.05) is 17.7 Å². The fourth-order valence-electron chi connectivity index (χ4n) is 1.82. The molecule has 0 spiro atoms. The highest BCUT2D eigenvalue weighted by Crippen LogP contribution is 2.20. The quantitative estimate of drug-likeness (QED) is 0.642. The van der Waals surface area contributed by atoms with Crippen molar-refractivity contribution in [2.75, 3.05) is 0 Å². The Balaban J connectivity index is 2.10. The molecule has 1 heterocycles. The number of aliphatic hydroxyl groups is 1. The van der Waals surface area contributed by atoms with Gasteiger partial charge in [-0.1, -0.05) is 18.5 Å². The number of benzene rings is 1. The summed E-state index contributed by atoms with van der Waals surface area (Å²) in [6, 6.07) is 5.90. The summed E-state index contributed by atoms with van der Waals surface area (Å²) in [5.74, 6) is 0.720. The molecule has 0 saturated carbocycles. The molecule has 1 aromatic heterocycles. The van der Waals surface area contributed by atoms with Crippen molar-refractivity contribution in [1.82, 2.24) is 10.1 Å². The Bertz CT molecular complexity index is 580. The van der Waals surface area contributed by atoms with Crippen LogP contribution in [0.25, 0.3) is 11.4 Å². The lowest BCUT2D eigenvalue weighted by atomic mass is 10.1. The third-order valence-corrected chi connectivity index (χ3v) is 2.84. The van der Waals surface area contributed by atoms with Gasteiger partial charge in [0.25, 0.3) is 5.69 Å². The number of nitrogens with zero attached hydrogens (tertiary/aromatic N) is 3. The number of rotatable bonds is 6. The Kier molecular flexibility index (Phi) is 4.41. The predicted octanol–water partition coefficient (Wildman–Crippen LogP) is 2.35. The van der Waals surface area contributed by atoms with E-state index in [9.17, 15) is 15.2 Å². The third kappa shape index (κ3) is 3.39. The maximum atomic E-state index is 10.6. The first-order chi connectivity index (χ1) is 9.60. The Morgan fingerprint density at radius 3 is 2.70 bits per heavy atom. The first-order valence-corrected chi connectivity index (χ1v) is 6.35. The van der Waals surface area contributed by atoms with E-state index in [-0.39, 0.29) is 5.69 Å². The van der Waals surface area contributed by atoms with E-state index >= 15 is 0 Å². The smallest absolute Gasteiger partial charge is 0.269 e. The van der Waals surface area contributed by atoms with Crippen LogP contribution in [0.3, 0.4) is 0 Å². The molecule has 0 fully saturated rings. The van der Waals surface area contributed by atoms with Crippen LogP contribution in [-0.2, 0) is 6.42 Å². The molecule has 0 aliphatic rings. The number of non-ortho nitro benzene ring substituents is 1. The summed E-state index contributed by atoms with van der Waals surface area (Å²) >= 11 is 0. The van der Waals surface area contributed by atoms with Crippen LogP contribution in [0.15, 0.2) is 28.8 Å². The van der Waals surface area contributed by atoms with Crippen molar-refractivity contribution in [2.45, 2.75) is 32.3 Å². The third-order valence-electron chi connectivity index (χ3n) is 2.84. The molecule has 0 aliphatic carbocycles. The van der Waals surface area contributed by atoms with Crippen LogP contribution in [0.4, 0.5) is 5.69 Å². The van der Waals surface area contributed by atoms with Gasteiger partial charge in [-0.15, -0.1) is 0 Å².